The van der Waals surface area contributed by atoms with Gasteiger partial charge in [0.1, 0.15) is 0 Å². The van der Waals surface area contributed by atoms with Gasteiger partial charge in [0.2, 0.25) is 0 Å². The Hall–Kier alpha value is 0.270. The van der Waals surface area contributed by atoms with Gasteiger partial charge in [-0.1, -0.05) is 6.42 Å². The fourth-order valence-corrected chi connectivity index (χ4v) is 6.84. The van der Waals surface area contributed by atoms with Gasteiger partial charge in [0, 0.05) is 12.6 Å². The maximum absolute atomic E-state index is 6.77. The SMILES string of the molecule is NC(C1CCOC2(CCSCC2)C1)C1CC2CCC1C2. The van der Waals surface area contributed by atoms with Crippen molar-refractivity contribution in [2.24, 2.45) is 29.4 Å². The molecule has 2 saturated heterocycles. The summed E-state index contributed by atoms with van der Waals surface area (Å²) < 4.78 is 6.24. The molecular weight excluding hydrogens is 266 g/mol. The second-order valence-electron chi connectivity index (χ2n) is 7.81. The average molecular weight is 295 g/mol. The highest BCUT2D eigenvalue weighted by Gasteiger charge is 2.47. The summed E-state index contributed by atoms with van der Waals surface area (Å²) in [6.07, 6.45) is 10.9. The zero-order valence-corrected chi connectivity index (χ0v) is 13.4. The molecule has 2 aliphatic heterocycles. The number of hydrogen-bond acceptors (Lipinski definition) is 3. The summed E-state index contributed by atoms with van der Waals surface area (Å²) in [5, 5.41) is 0. The van der Waals surface area contributed by atoms with Crippen molar-refractivity contribution in [2.45, 2.75) is 63.0 Å². The summed E-state index contributed by atoms with van der Waals surface area (Å²) in [5.74, 6) is 6.14. The van der Waals surface area contributed by atoms with Crippen LogP contribution in [0.5, 0.6) is 0 Å². The Morgan fingerprint density at radius 2 is 1.95 bits per heavy atom. The van der Waals surface area contributed by atoms with Gasteiger partial charge in [-0.05, 0) is 80.1 Å². The Morgan fingerprint density at radius 3 is 2.65 bits per heavy atom. The molecule has 114 valence electrons. The average Bonchev–Trinajstić information content (AvgIpc) is 3.10. The Kier molecular flexibility index (Phi) is 3.81. The van der Waals surface area contributed by atoms with Crippen LogP contribution in [0, 0.1) is 23.7 Å². The van der Waals surface area contributed by atoms with Gasteiger partial charge in [-0.25, -0.2) is 0 Å². The summed E-state index contributed by atoms with van der Waals surface area (Å²) >= 11 is 2.10. The van der Waals surface area contributed by atoms with E-state index in [-0.39, 0.29) is 5.60 Å². The second kappa shape index (κ2) is 5.48. The summed E-state index contributed by atoms with van der Waals surface area (Å²) in [6, 6.07) is 0.459. The minimum atomic E-state index is 0.212. The van der Waals surface area contributed by atoms with E-state index in [1.807, 2.05) is 0 Å². The summed E-state index contributed by atoms with van der Waals surface area (Å²) in [4.78, 5) is 0. The van der Waals surface area contributed by atoms with Crippen molar-refractivity contribution in [1.29, 1.82) is 0 Å². The largest absolute Gasteiger partial charge is 0.375 e. The van der Waals surface area contributed by atoms with Crippen LogP contribution in [0.2, 0.25) is 0 Å². The first-order chi connectivity index (χ1) is 9.76. The molecular formula is C17H29NOS. The molecule has 2 aliphatic carbocycles. The van der Waals surface area contributed by atoms with Gasteiger partial charge in [0.15, 0.2) is 0 Å². The van der Waals surface area contributed by atoms with Crippen molar-refractivity contribution in [1.82, 2.24) is 0 Å². The Morgan fingerprint density at radius 1 is 1.10 bits per heavy atom. The third-order valence-corrected chi connectivity index (χ3v) is 7.75. The number of nitrogens with two attached hydrogens (primary N) is 1. The van der Waals surface area contributed by atoms with E-state index in [2.05, 4.69) is 11.8 Å². The van der Waals surface area contributed by atoms with Crippen LogP contribution < -0.4 is 5.73 Å². The van der Waals surface area contributed by atoms with E-state index >= 15 is 0 Å². The van der Waals surface area contributed by atoms with E-state index in [1.54, 1.807) is 0 Å². The van der Waals surface area contributed by atoms with E-state index in [4.69, 9.17) is 10.5 Å². The monoisotopic (exact) mass is 295 g/mol. The lowest BCUT2D eigenvalue weighted by Crippen LogP contribution is -2.50. The molecule has 4 rings (SSSR count). The molecule has 3 heteroatoms. The molecule has 4 aliphatic rings. The smallest absolute Gasteiger partial charge is 0.0701 e. The number of ether oxygens (including phenoxy) is 1. The maximum atomic E-state index is 6.77. The van der Waals surface area contributed by atoms with Crippen LogP contribution in [0.4, 0.5) is 0 Å². The molecule has 20 heavy (non-hydrogen) atoms. The molecule has 1 spiro atoms. The highest BCUT2D eigenvalue weighted by Crippen LogP contribution is 2.51. The first-order valence-electron chi connectivity index (χ1n) is 8.73. The highest BCUT2D eigenvalue weighted by molar-refractivity contribution is 7.99. The molecule has 5 atom stereocenters. The summed E-state index contributed by atoms with van der Waals surface area (Å²) in [7, 11) is 0. The lowest BCUT2D eigenvalue weighted by atomic mass is 9.72. The van der Waals surface area contributed by atoms with Gasteiger partial charge < -0.3 is 10.5 Å². The minimum absolute atomic E-state index is 0.212. The van der Waals surface area contributed by atoms with Crippen molar-refractivity contribution in [3.63, 3.8) is 0 Å². The van der Waals surface area contributed by atoms with Crippen LogP contribution >= 0.6 is 11.8 Å². The van der Waals surface area contributed by atoms with E-state index in [0.29, 0.717) is 6.04 Å². The van der Waals surface area contributed by atoms with Gasteiger partial charge in [-0.2, -0.15) is 11.8 Å². The van der Waals surface area contributed by atoms with Crippen LogP contribution in [0.25, 0.3) is 0 Å². The summed E-state index contributed by atoms with van der Waals surface area (Å²) in [5.41, 5.74) is 6.98. The zero-order valence-electron chi connectivity index (χ0n) is 12.6. The molecule has 4 fully saturated rings. The molecule has 0 aromatic carbocycles. The van der Waals surface area contributed by atoms with E-state index in [0.717, 1.165) is 30.3 Å². The molecule has 0 amide bonds. The quantitative estimate of drug-likeness (QED) is 0.847. The molecule has 2 bridgehead atoms. The van der Waals surface area contributed by atoms with Crippen LogP contribution in [0.15, 0.2) is 0 Å². The number of hydrogen-bond donors (Lipinski definition) is 1. The first-order valence-corrected chi connectivity index (χ1v) is 9.88. The molecule has 2 nitrogen and oxygen atoms in total. The number of fused-ring (bicyclic) bond motifs is 2. The van der Waals surface area contributed by atoms with Crippen molar-refractivity contribution >= 4 is 11.8 Å². The van der Waals surface area contributed by atoms with E-state index in [1.165, 1.54) is 62.9 Å². The third kappa shape index (κ3) is 2.44. The fourth-order valence-electron chi connectivity index (χ4n) is 5.60. The fraction of sp³-hybridized carbons (Fsp3) is 1.00. The Balaban J connectivity index is 1.42. The van der Waals surface area contributed by atoms with Crippen molar-refractivity contribution in [3.05, 3.63) is 0 Å². The van der Waals surface area contributed by atoms with Crippen LogP contribution in [-0.2, 0) is 4.74 Å². The van der Waals surface area contributed by atoms with Gasteiger partial charge in [-0.15, -0.1) is 0 Å². The standard InChI is InChI=1S/C17H29NOS/c18-16(15-10-12-1-2-13(15)9-12)14-3-6-19-17(11-14)4-7-20-8-5-17/h12-16H,1-11,18H2. The normalized spacial score (nSPS) is 44.9. The maximum Gasteiger partial charge on any atom is 0.0701 e. The molecule has 2 heterocycles. The molecule has 0 radical (unpaired) electrons. The molecule has 2 saturated carbocycles. The second-order valence-corrected chi connectivity index (χ2v) is 9.04. The third-order valence-electron chi connectivity index (χ3n) is 6.77. The van der Waals surface area contributed by atoms with Crippen LogP contribution in [-0.4, -0.2) is 29.8 Å². The topological polar surface area (TPSA) is 35.2 Å². The predicted molar refractivity (Wildman–Crippen MR) is 84.9 cm³/mol. The summed E-state index contributed by atoms with van der Waals surface area (Å²) in [6.45, 7) is 0.962. The van der Waals surface area contributed by atoms with Crippen LogP contribution in [0.3, 0.4) is 0 Å². The Bertz CT molecular complexity index is 349. The molecule has 0 aromatic heterocycles. The first kappa shape index (κ1) is 13.9. The predicted octanol–water partition coefficient (Wildman–Crippen LogP) is 3.44. The van der Waals surface area contributed by atoms with Gasteiger partial charge >= 0.3 is 0 Å². The van der Waals surface area contributed by atoms with Gasteiger partial charge in [0.05, 0.1) is 5.60 Å². The van der Waals surface area contributed by atoms with Gasteiger partial charge in [0.25, 0.3) is 0 Å². The lowest BCUT2D eigenvalue weighted by molar-refractivity contribution is -0.109. The van der Waals surface area contributed by atoms with Crippen molar-refractivity contribution in [2.75, 3.05) is 18.1 Å². The number of rotatable bonds is 2. The van der Waals surface area contributed by atoms with E-state index in [9.17, 15) is 0 Å². The van der Waals surface area contributed by atoms with Crippen LogP contribution in [0.1, 0.15) is 51.4 Å². The number of thioether (sulfide) groups is 1. The molecule has 5 unspecified atom stereocenters. The van der Waals surface area contributed by atoms with E-state index < -0.39 is 0 Å². The van der Waals surface area contributed by atoms with Crippen molar-refractivity contribution in [3.8, 4) is 0 Å². The lowest BCUT2D eigenvalue weighted by Gasteiger charge is -2.46. The minimum Gasteiger partial charge on any atom is -0.375 e. The Labute approximate surface area is 127 Å². The molecule has 2 N–H and O–H groups in total. The zero-order chi connectivity index (χ0) is 13.6. The highest BCUT2D eigenvalue weighted by atomic mass is 32.2. The molecule has 0 aromatic rings. The van der Waals surface area contributed by atoms with Crippen molar-refractivity contribution < 1.29 is 4.74 Å². The van der Waals surface area contributed by atoms with Gasteiger partial charge in [-0.3, -0.25) is 0 Å².